The predicted molar refractivity (Wildman–Crippen MR) is 103 cm³/mol. The summed E-state index contributed by atoms with van der Waals surface area (Å²) in [4.78, 5) is 18.9. The zero-order valence-electron chi connectivity index (χ0n) is 15.9. The molecule has 0 N–H and O–H groups in total. The third-order valence-electron chi connectivity index (χ3n) is 7.20. The summed E-state index contributed by atoms with van der Waals surface area (Å²) in [6.07, 6.45) is 9.38. The van der Waals surface area contributed by atoms with Crippen LogP contribution in [-0.4, -0.2) is 57.6 Å². The highest BCUT2D eigenvalue weighted by molar-refractivity contribution is 7.99. The van der Waals surface area contributed by atoms with Gasteiger partial charge in [0.15, 0.2) is 0 Å². The molecule has 0 radical (unpaired) electrons. The Morgan fingerprint density at radius 1 is 1.23 bits per heavy atom. The van der Waals surface area contributed by atoms with Crippen LogP contribution in [0.1, 0.15) is 58.3 Å². The van der Waals surface area contributed by atoms with Crippen molar-refractivity contribution in [2.45, 2.75) is 69.9 Å². The second-order valence-corrected chi connectivity index (χ2v) is 9.99. The number of carbonyl (C=O) groups excluding carboxylic acids is 1. The predicted octanol–water partition coefficient (Wildman–Crippen LogP) is 3.39. The first-order valence-corrected chi connectivity index (χ1v) is 11.6. The van der Waals surface area contributed by atoms with E-state index in [-0.39, 0.29) is 23.2 Å². The molecule has 0 aromatic heterocycles. The average Bonchev–Trinajstić information content (AvgIpc) is 3.17. The fraction of sp³-hybridized carbons (Fsp3) is 0.900. The number of nitrogens with zero attached hydrogens (tertiary/aromatic N) is 3. The van der Waals surface area contributed by atoms with E-state index in [9.17, 15) is 10.3 Å². The second-order valence-electron chi connectivity index (χ2n) is 8.84. The molecule has 144 valence electrons. The van der Waals surface area contributed by atoms with Gasteiger partial charge in [-0.05, 0) is 50.3 Å². The minimum atomic E-state index is -0.358. The van der Waals surface area contributed by atoms with Gasteiger partial charge in [-0.2, -0.15) is 16.6 Å². The van der Waals surface area contributed by atoms with Gasteiger partial charge in [-0.3, -0.25) is 4.90 Å². The fourth-order valence-electron chi connectivity index (χ4n) is 5.64. The Hall–Kier alpha value is -0.840. The van der Waals surface area contributed by atoms with Crippen LogP contribution in [0, 0.1) is 17.8 Å². The molecule has 3 saturated heterocycles. The fourth-order valence-corrected chi connectivity index (χ4v) is 6.87. The normalized spacial score (nSPS) is 38.1. The van der Waals surface area contributed by atoms with Crippen LogP contribution in [-0.2, 0) is 9.53 Å². The zero-order chi connectivity index (χ0) is 18.1. The number of thioether (sulfide) groups is 1. The van der Waals surface area contributed by atoms with E-state index in [0.29, 0.717) is 17.9 Å². The van der Waals surface area contributed by atoms with E-state index in [0.717, 1.165) is 50.3 Å². The summed E-state index contributed by atoms with van der Waals surface area (Å²) in [6.45, 7) is 4.32. The Morgan fingerprint density at radius 2 is 2.04 bits per heavy atom. The van der Waals surface area contributed by atoms with Crippen molar-refractivity contribution in [3.05, 3.63) is 5.53 Å². The SMILES string of the molecule is C[C@H]1CCN2C[C@](OC(=O)C(=[N+]=[N-])C3CCSC3)(C3CCCCC3)[C@H]2C1. The number of esters is 1. The molecule has 0 amide bonds. The molecule has 0 bridgehead atoms. The first-order valence-electron chi connectivity index (χ1n) is 10.4. The molecule has 0 aromatic carbocycles. The molecular formula is C20H31N3O2S. The summed E-state index contributed by atoms with van der Waals surface area (Å²) in [7, 11) is 0. The van der Waals surface area contributed by atoms with Gasteiger partial charge in [-0.15, -0.1) is 0 Å². The first-order chi connectivity index (χ1) is 12.6. The Bertz CT molecular complexity index is 594. The largest absolute Gasteiger partial charge is 0.447 e. The Labute approximate surface area is 160 Å². The average molecular weight is 378 g/mol. The highest BCUT2D eigenvalue weighted by atomic mass is 32.2. The summed E-state index contributed by atoms with van der Waals surface area (Å²) in [5, 5.41) is 0. The van der Waals surface area contributed by atoms with Gasteiger partial charge in [0.05, 0.1) is 12.0 Å². The first kappa shape index (κ1) is 18.5. The lowest BCUT2D eigenvalue weighted by Gasteiger charge is -2.62. The summed E-state index contributed by atoms with van der Waals surface area (Å²) in [6, 6.07) is 0.358. The van der Waals surface area contributed by atoms with Crippen LogP contribution in [0.5, 0.6) is 0 Å². The molecule has 3 aliphatic heterocycles. The van der Waals surface area contributed by atoms with Crippen molar-refractivity contribution in [1.29, 1.82) is 0 Å². The van der Waals surface area contributed by atoms with Crippen LogP contribution < -0.4 is 0 Å². The van der Waals surface area contributed by atoms with Crippen LogP contribution in [0.4, 0.5) is 0 Å². The topological polar surface area (TPSA) is 65.9 Å². The van der Waals surface area contributed by atoms with Crippen molar-refractivity contribution in [3.8, 4) is 0 Å². The number of fused-ring (bicyclic) bond motifs is 1. The van der Waals surface area contributed by atoms with Gasteiger partial charge in [0.1, 0.15) is 5.60 Å². The molecule has 4 fully saturated rings. The quantitative estimate of drug-likeness (QED) is 0.326. The number of hydrogen-bond donors (Lipinski definition) is 0. The van der Waals surface area contributed by atoms with E-state index in [1.165, 1.54) is 25.7 Å². The monoisotopic (exact) mass is 377 g/mol. The molecule has 4 aliphatic rings. The molecule has 26 heavy (non-hydrogen) atoms. The van der Waals surface area contributed by atoms with Gasteiger partial charge < -0.3 is 10.3 Å². The molecule has 4 rings (SSSR count). The van der Waals surface area contributed by atoms with E-state index < -0.39 is 0 Å². The molecule has 5 nitrogen and oxygen atoms in total. The summed E-state index contributed by atoms with van der Waals surface area (Å²) in [5.74, 6) is 2.72. The van der Waals surface area contributed by atoms with Crippen molar-refractivity contribution in [1.82, 2.24) is 4.90 Å². The van der Waals surface area contributed by atoms with Crippen LogP contribution >= 0.6 is 11.8 Å². The van der Waals surface area contributed by atoms with Gasteiger partial charge >= 0.3 is 11.7 Å². The van der Waals surface area contributed by atoms with E-state index in [4.69, 9.17) is 4.74 Å². The maximum absolute atomic E-state index is 13.0. The zero-order valence-corrected chi connectivity index (χ0v) is 16.7. The third kappa shape index (κ3) is 3.25. The smallest absolute Gasteiger partial charge is 0.417 e. The maximum atomic E-state index is 13.0. The lowest BCUT2D eigenvalue weighted by atomic mass is 9.64. The van der Waals surface area contributed by atoms with E-state index in [1.807, 2.05) is 11.8 Å². The Balaban J connectivity index is 1.55. The number of rotatable bonds is 4. The third-order valence-corrected chi connectivity index (χ3v) is 8.36. The van der Waals surface area contributed by atoms with Gasteiger partial charge in [0.2, 0.25) is 0 Å². The lowest BCUT2D eigenvalue weighted by molar-refractivity contribution is -0.229. The minimum Gasteiger partial charge on any atom is -0.447 e. The van der Waals surface area contributed by atoms with Gasteiger partial charge in [-0.1, -0.05) is 26.2 Å². The molecule has 6 heteroatoms. The van der Waals surface area contributed by atoms with Crippen molar-refractivity contribution in [2.24, 2.45) is 17.8 Å². The van der Waals surface area contributed by atoms with E-state index in [2.05, 4.69) is 16.6 Å². The summed E-state index contributed by atoms with van der Waals surface area (Å²) >= 11 is 1.82. The van der Waals surface area contributed by atoms with E-state index >= 15 is 0 Å². The summed E-state index contributed by atoms with van der Waals surface area (Å²) < 4.78 is 6.32. The molecule has 1 unspecified atom stereocenters. The number of ether oxygens (including phenoxy) is 1. The minimum absolute atomic E-state index is 0.0439. The second kappa shape index (κ2) is 7.65. The van der Waals surface area contributed by atoms with Crippen molar-refractivity contribution in [2.75, 3.05) is 24.6 Å². The van der Waals surface area contributed by atoms with Crippen LogP contribution in [0.3, 0.4) is 0 Å². The van der Waals surface area contributed by atoms with Gasteiger partial charge in [0, 0.05) is 18.2 Å². The van der Waals surface area contributed by atoms with E-state index in [1.54, 1.807) is 0 Å². The van der Waals surface area contributed by atoms with Gasteiger partial charge in [0.25, 0.3) is 0 Å². The van der Waals surface area contributed by atoms with Crippen molar-refractivity contribution < 1.29 is 14.3 Å². The molecule has 1 saturated carbocycles. The van der Waals surface area contributed by atoms with Crippen LogP contribution in [0.25, 0.3) is 5.53 Å². The highest BCUT2D eigenvalue weighted by Crippen LogP contribution is 2.49. The Kier molecular flexibility index (Phi) is 5.45. The van der Waals surface area contributed by atoms with Crippen molar-refractivity contribution >= 4 is 23.4 Å². The standard InChI is InChI=1S/C20H31N3O2S/c1-14-7-9-23-13-20(17(23)11-14,16-5-3-2-4-6-16)25-19(24)18(22-21)15-8-10-26-12-15/h14-17H,2-13H2,1H3/t14-,15?,17+,20-/m0/s1. The molecule has 0 aromatic rings. The number of carbonyl (C=O) groups is 1. The molecular weight excluding hydrogens is 346 g/mol. The van der Waals surface area contributed by atoms with Crippen molar-refractivity contribution in [3.63, 3.8) is 0 Å². The number of hydrogen-bond acceptors (Lipinski definition) is 4. The molecule has 4 atom stereocenters. The summed E-state index contributed by atoms with van der Waals surface area (Å²) in [5.41, 5.74) is 9.40. The van der Waals surface area contributed by atoms with Crippen LogP contribution in [0.2, 0.25) is 0 Å². The highest BCUT2D eigenvalue weighted by Gasteiger charge is 2.61. The van der Waals surface area contributed by atoms with Gasteiger partial charge in [-0.25, -0.2) is 4.79 Å². The van der Waals surface area contributed by atoms with Crippen LogP contribution in [0.15, 0.2) is 0 Å². The molecule has 0 spiro atoms. The Morgan fingerprint density at radius 3 is 2.73 bits per heavy atom. The maximum Gasteiger partial charge on any atom is 0.417 e. The molecule has 1 aliphatic carbocycles. The lowest BCUT2D eigenvalue weighted by Crippen LogP contribution is -2.76. The molecule has 3 heterocycles. The number of piperidine rings is 1.